The summed E-state index contributed by atoms with van der Waals surface area (Å²) in [6.45, 7) is 1.16. The van der Waals surface area contributed by atoms with Crippen LogP contribution in [0.5, 0.6) is 0 Å². The number of hydrogen-bond acceptors (Lipinski definition) is 2. The van der Waals surface area contributed by atoms with E-state index in [-0.39, 0.29) is 0 Å². The molecule has 0 aromatic heterocycles. The fraction of sp³-hybridized carbons (Fsp3) is 0.667. The summed E-state index contributed by atoms with van der Waals surface area (Å²) in [5.74, 6) is 0. The minimum absolute atomic E-state index is 0.494. The predicted octanol–water partition coefficient (Wildman–Crippen LogP) is 1.23. The second-order valence-electron chi connectivity index (χ2n) is 3.06. The average Bonchev–Trinajstić information content (AvgIpc) is 2.03. The van der Waals surface area contributed by atoms with Crippen molar-refractivity contribution in [1.82, 2.24) is 4.90 Å². The normalized spacial score (nSPS) is 27.5. The molecular weight excluding hydrogens is 138 g/mol. The summed E-state index contributed by atoms with van der Waals surface area (Å²) in [5.41, 5.74) is 0. The molecule has 0 aromatic carbocycles. The van der Waals surface area contributed by atoms with Crippen molar-refractivity contribution >= 4 is 6.29 Å². The number of piperidine rings is 1. The summed E-state index contributed by atoms with van der Waals surface area (Å²) in [6, 6.07) is 0.494. The minimum atomic E-state index is 0.494. The van der Waals surface area contributed by atoms with Crippen LogP contribution in [0.3, 0.4) is 0 Å². The number of hydrogen-bond donors (Lipinski definition) is 0. The highest BCUT2D eigenvalue weighted by Crippen LogP contribution is 2.15. The van der Waals surface area contributed by atoms with E-state index < -0.39 is 0 Å². The fourth-order valence-corrected chi connectivity index (χ4v) is 1.52. The quantitative estimate of drug-likeness (QED) is 0.439. The predicted molar refractivity (Wildman–Crippen MR) is 45.5 cm³/mol. The number of aldehydes is 1. The van der Waals surface area contributed by atoms with Crippen LogP contribution >= 0.6 is 0 Å². The number of carbonyl (C=O) groups excluding carboxylic acids is 1. The van der Waals surface area contributed by atoms with Gasteiger partial charge in [-0.1, -0.05) is 12.5 Å². The van der Waals surface area contributed by atoms with Crippen LogP contribution in [0.2, 0.25) is 0 Å². The van der Waals surface area contributed by atoms with Gasteiger partial charge in [-0.15, -0.1) is 0 Å². The molecule has 1 atom stereocenters. The molecule has 1 rings (SSSR count). The van der Waals surface area contributed by atoms with Crippen LogP contribution in [0.15, 0.2) is 12.2 Å². The second kappa shape index (κ2) is 4.29. The molecule has 0 bridgehead atoms. The Bertz CT molecular complexity index is 154. The van der Waals surface area contributed by atoms with E-state index in [1.807, 2.05) is 6.08 Å². The van der Waals surface area contributed by atoms with Crippen LogP contribution in [0.1, 0.15) is 19.3 Å². The summed E-state index contributed by atoms with van der Waals surface area (Å²) < 4.78 is 0. The maximum Gasteiger partial charge on any atom is 0.142 e. The molecule has 1 aliphatic rings. The third-order valence-corrected chi connectivity index (χ3v) is 2.24. The van der Waals surface area contributed by atoms with E-state index >= 15 is 0 Å². The Morgan fingerprint density at radius 2 is 2.27 bits per heavy atom. The highest BCUT2D eigenvalue weighted by molar-refractivity contribution is 5.64. The Balaban J connectivity index is 2.41. The van der Waals surface area contributed by atoms with E-state index in [1.54, 1.807) is 6.08 Å². The van der Waals surface area contributed by atoms with E-state index in [9.17, 15) is 4.79 Å². The summed E-state index contributed by atoms with van der Waals surface area (Å²) in [4.78, 5) is 12.3. The number of carbonyl (C=O) groups is 1. The zero-order chi connectivity index (χ0) is 8.10. The van der Waals surface area contributed by atoms with Crippen molar-refractivity contribution in [1.29, 1.82) is 0 Å². The van der Waals surface area contributed by atoms with Crippen molar-refractivity contribution in [3.8, 4) is 0 Å². The fourth-order valence-electron chi connectivity index (χ4n) is 1.52. The summed E-state index contributed by atoms with van der Waals surface area (Å²) in [6.07, 6.45) is 8.22. The minimum Gasteiger partial charge on any atom is -0.300 e. The van der Waals surface area contributed by atoms with Crippen LogP contribution in [-0.4, -0.2) is 30.8 Å². The molecule has 1 unspecified atom stereocenters. The van der Waals surface area contributed by atoms with E-state index in [2.05, 4.69) is 11.9 Å². The Morgan fingerprint density at radius 3 is 2.91 bits per heavy atom. The second-order valence-corrected chi connectivity index (χ2v) is 3.06. The molecule has 2 heteroatoms. The summed E-state index contributed by atoms with van der Waals surface area (Å²) in [5, 5.41) is 0. The van der Waals surface area contributed by atoms with Gasteiger partial charge in [-0.05, 0) is 32.5 Å². The Hall–Kier alpha value is -0.630. The lowest BCUT2D eigenvalue weighted by atomic mass is 10.0. The van der Waals surface area contributed by atoms with Gasteiger partial charge in [0, 0.05) is 6.04 Å². The molecule has 1 aliphatic heterocycles. The molecule has 0 N–H and O–H groups in total. The first-order valence-electron chi connectivity index (χ1n) is 4.17. The van der Waals surface area contributed by atoms with E-state index in [0.717, 1.165) is 12.8 Å². The topological polar surface area (TPSA) is 20.3 Å². The number of rotatable bonds is 2. The highest BCUT2D eigenvalue weighted by atomic mass is 16.1. The van der Waals surface area contributed by atoms with Crippen molar-refractivity contribution in [2.75, 3.05) is 13.6 Å². The lowest BCUT2D eigenvalue weighted by Crippen LogP contribution is -2.34. The molecule has 0 aromatic rings. The van der Waals surface area contributed by atoms with Crippen LogP contribution in [-0.2, 0) is 4.79 Å². The first kappa shape index (κ1) is 8.47. The van der Waals surface area contributed by atoms with Gasteiger partial charge in [0.1, 0.15) is 6.29 Å². The number of likely N-dealkylation sites (N-methyl/N-ethyl adjacent to an activating group) is 1. The van der Waals surface area contributed by atoms with Crippen LogP contribution in [0, 0.1) is 0 Å². The van der Waals surface area contributed by atoms with Crippen LogP contribution in [0.25, 0.3) is 0 Å². The Morgan fingerprint density at radius 1 is 1.45 bits per heavy atom. The van der Waals surface area contributed by atoms with E-state index in [0.29, 0.717) is 6.04 Å². The molecule has 0 aliphatic carbocycles. The van der Waals surface area contributed by atoms with Crippen molar-refractivity contribution in [3.63, 3.8) is 0 Å². The molecule has 1 fully saturated rings. The molecule has 2 nitrogen and oxygen atoms in total. The molecule has 62 valence electrons. The first-order chi connectivity index (χ1) is 5.34. The van der Waals surface area contributed by atoms with Crippen molar-refractivity contribution < 1.29 is 4.79 Å². The van der Waals surface area contributed by atoms with Gasteiger partial charge in [0.05, 0.1) is 0 Å². The summed E-state index contributed by atoms with van der Waals surface area (Å²) >= 11 is 0. The van der Waals surface area contributed by atoms with E-state index in [1.165, 1.54) is 19.3 Å². The lowest BCUT2D eigenvalue weighted by molar-refractivity contribution is -0.104. The SMILES string of the molecule is CN1CCCCC1/C=C\C=O. The van der Waals surface area contributed by atoms with Crippen molar-refractivity contribution in [2.24, 2.45) is 0 Å². The van der Waals surface area contributed by atoms with Gasteiger partial charge >= 0.3 is 0 Å². The van der Waals surface area contributed by atoms with Crippen molar-refractivity contribution in [3.05, 3.63) is 12.2 Å². The molecule has 0 amide bonds. The van der Waals surface area contributed by atoms with Crippen molar-refractivity contribution in [2.45, 2.75) is 25.3 Å². The molecule has 1 saturated heterocycles. The number of nitrogens with zero attached hydrogens (tertiary/aromatic N) is 1. The number of likely N-dealkylation sites (tertiary alicyclic amines) is 1. The molecule has 11 heavy (non-hydrogen) atoms. The maximum absolute atomic E-state index is 10.0. The smallest absolute Gasteiger partial charge is 0.142 e. The highest BCUT2D eigenvalue weighted by Gasteiger charge is 2.14. The van der Waals surface area contributed by atoms with Gasteiger partial charge in [0.15, 0.2) is 0 Å². The maximum atomic E-state index is 10.0. The Labute approximate surface area is 67.9 Å². The zero-order valence-electron chi connectivity index (χ0n) is 6.99. The van der Waals surface area contributed by atoms with Gasteiger partial charge in [0.2, 0.25) is 0 Å². The third-order valence-electron chi connectivity index (χ3n) is 2.24. The van der Waals surface area contributed by atoms with E-state index in [4.69, 9.17) is 0 Å². The van der Waals surface area contributed by atoms with Gasteiger partial charge in [0.25, 0.3) is 0 Å². The third kappa shape index (κ3) is 2.46. The lowest BCUT2D eigenvalue weighted by Gasteiger charge is -2.29. The van der Waals surface area contributed by atoms with Gasteiger partial charge in [-0.3, -0.25) is 9.69 Å². The molecule has 0 saturated carbocycles. The molecular formula is C9H15NO. The largest absolute Gasteiger partial charge is 0.300 e. The molecule has 1 heterocycles. The monoisotopic (exact) mass is 153 g/mol. The number of allylic oxidation sites excluding steroid dienone is 1. The molecule has 0 spiro atoms. The van der Waals surface area contributed by atoms with Crippen LogP contribution in [0.4, 0.5) is 0 Å². The zero-order valence-corrected chi connectivity index (χ0v) is 6.99. The van der Waals surface area contributed by atoms with Gasteiger partial charge in [-0.2, -0.15) is 0 Å². The first-order valence-corrected chi connectivity index (χ1v) is 4.17. The standard InChI is InChI=1S/C9H15NO/c1-10-7-3-2-5-9(10)6-4-8-11/h4,6,8-9H,2-3,5,7H2,1H3/b6-4-. The van der Waals surface area contributed by atoms with Gasteiger partial charge < -0.3 is 0 Å². The average molecular weight is 153 g/mol. The summed E-state index contributed by atoms with van der Waals surface area (Å²) in [7, 11) is 2.11. The Kier molecular flexibility index (Phi) is 3.30. The van der Waals surface area contributed by atoms with Crippen LogP contribution < -0.4 is 0 Å². The van der Waals surface area contributed by atoms with Gasteiger partial charge in [-0.25, -0.2) is 0 Å². The molecule has 0 radical (unpaired) electrons.